The van der Waals surface area contributed by atoms with Gasteiger partial charge in [0.15, 0.2) is 0 Å². The van der Waals surface area contributed by atoms with Crippen LogP contribution in [0.2, 0.25) is 0 Å². The topological polar surface area (TPSA) is 80.1 Å². The number of aromatic nitrogens is 3. The molecule has 92 valence electrons. The molecule has 0 aromatic carbocycles. The third-order valence-corrected chi connectivity index (χ3v) is 2.59. The van der Waals surface area contributed by atoms with Crippen LogP contribution < -0.4 is 5.32 Å². The predicted octanol–water partition coefficient (Wildman–Crippen LogP) is -0.683. The molecule has 1 saturated heterocycles. The van der Waals surface area contributed by atoms with Crippen LogP contribution in [0.3, 0.4) is 0 Å². The summed E-state index contributed by atoms with van der Waals surface area (Å²) in [6.45, 7) is 4.45. The van der Waals surface area contributed by atoms with Gasteiger partial charge < -0.3 is 10.2 Å². The highest BCUT2D eigenvalue weighted by Gasteiger charge is 2.24. The normalized spacial score (nSPS) is 16.5. The molecule has 0 bridgehead atoms. The Hall–Kier alpha value is -1.92. The second-order valence-electron chi connectivity index (χ2n) is 4.24. The number of piperazine rings is 1. The van der Waals surface area contributed by atoms with E-state index in [1.165, 1.54) is 11.2 Å². The van der Waals surface area contributed by atoms with E-state index in [4.69, 9.17) is 0 Å². The van der Waals surface area contributed by atoms with E-state index in [0.29, 0.717) is 12.4 Å². The average Bonchev–Trinajstić information content (AvgIpc) is 2.71. The average molecular weight is 237 g/mol. The van der Waals surface area contributed by atoms with Gasteiger partial charge in [0.25, 0.3) is 0 Å². The predicted molar refractivity (Wildman–Crippen MR) is 58.8 cm³/mol. The molecule has 1 aromatic heterocycles. The number of amides is 2. The molecular weight excluding hydrogens is 222 g/mol. The summed E-state index contributed by atoms with van der Waals surface area (Å²) in [6.07, 6.45) is 1.46. The third kappa shape index (κ3) is 2.43. The lowest BCUT2D eigenvalue weighted by Gasteiger charge is -2.26. The van der Waals surface area contributed by atoms with Crippen molar-refractivity contribution in [2.75, 3.05) is 13.1 Å². The molecule has 2 amide bonds. The van der Waals surface area contributed by atoms with E-state index in [0.717, 1.165) is 0 Å². The van der Waals surface area contributed by atoms with Gasteiger partial charge in [-0.15, -0.1) is 0 Å². The largest absolute Gasteiger partial charge is 0.345 e. The molecule has 1 N–H and O–H groups in total. The van der Waals surface area contributed by atoms with E-state index < -0.39 is 0 Å². The Balaban J connectivity index is 2.11. The van der Waals surface area contributed by atoms with Crippen LogP contribution in [0.15, 0.2) is 6.33 Å². The SMILES string of the molecule is CC(C)n1ncnc1CN1CC(=O)NCC1=O. The number of nitrogens with zero attached hydrogens (tertiary/aromatic N) is 4. The molecule has 1 aromatic rings. The molecular formula is C10H15N5O2. The summed E-state index contributed by atoms with van der Waals surface area (Å²) in [4.78, 5) is 28.4. The Bertz CT molecular complexity index is 440. The zero-order valence-corrected chi connectivity index (χ0v) is 9.88. The second-order valence-corrected chi connectivity index (χ2v) is 4.24. The number of hydrogen-bond acceptors (Lipinski definition) is 4. The van der Waals surface area contributed by atoms with Crippen molar-refractivity contribution in [2.45, 2.75) is 26.4 Å². The molecule has 1 aliphatic rings. The van der Waals surface area contributed by atoms with Crippen LogP contribution in [-0.4, -0.2) is 44.6 Å². The first-order valence-electron chi connectivity index (χ1n) is 5.51. The van der Waals surface area contributed by atoms with Gasteiger partial charge in [0, 0.05) is 6.04 Å². The van der Waals surface area contributed by atoms with Crippen molar-refractivity contribution in [3.8, 4) is 0 Å². The van der Waals surface area contributed by atoms with Gasteiger partial charge in [0.05, 0.1) is 13.1 Å². The zero-order chi connectivity index (χ0) is 12.4. The lowest BCUT2D eigenvalue weighted by Crippen LogP contribution is -2.51. The maximum atomic E-state index is 11.6. The third-order valence-electron chi connectivity index (χ3n) is 2.59. The fourth-order valence-electron chi connectivity index (χ4n) is 1.74. The zero-order valence-electron chi connectivity index (χ0n) is 9.88. The van der Waals surface area contributed by atoms with Crippen molar-refractivity contribution in [3.05, 3.63) is 12.2 Å². The number of carbonyl (C=O) groups is 2. The summed E-state index contributed by atoms with van der Waals surface area (Å²) in [5.74, 6) is 0.464. The highest BCUT2D eigenvalue weighted by atomic mass is 16.2. The van der Waals surface area contributed by atoms with E-state index in [-0.39, 0.29) is 30.9 Å². The molecule has 0 saturated carbocycles. The van der Waals surface area contributed by atoms with Crippen LogP contribution >= 0.6 is 0 Å². The fraction of sp³-hybridized carbons (Fsp3) is 0.600. The number of hydrogen-bond donors (Lipinski definition) is 1. The van der Waals surface area contributed by atoms with Gasteiger partial charge in [0.1, 0.15) is 18.7 Å². The van der Waals surface area contributed by atoms with E-state index in [1.807, 2.05) is 13.8 Å². The molecule has 0 spiro atoms. The molecule has 0 radical (unpaired) electrons. The summed E-state index contributed by atoms with van der Waals surface area (Å²) < 4.78 is 1.75. The van der Waals surface area contributed by atoms with Gasteiger partial charge >= 0.3 is 0 Å². The first-order valence-corrected chi connectivity index (χ1v) is 5.51. The van der Waals surface area contributed by atoms with Crippen LogP contribution in [0.1, 0.15) is 25.7 Å². The van der Waals surface area contributed by atoms with E-state index in [1.54, 1.807) is 4.68 Å². The first kappa shape index (κ1) is 11.6. The Morgan fingerprint density at radius 1 is 1.47 bits per heavy atom. The van der Waals surface area contributed by atoms with Crippen LogP contribution in [0.4, 0.5) is 0 Å². The quantitative estimate of drug-likeness (QED) is 0.755. The Labute approximate surface area is 98.8 Å². The minimum atomic E-state index is -0.139. The van der Waals surface area contributed by atoms with Gasteiger partial charge in [-0.25, -0.2) is 9.67 Å². The molecule has 2 heterocycles. The molecule has 17 heavy (non-hydrogen) atoms. The smallest absolute Gasteiger partial charge is 0.242 e. The van der Waals surface area contributed by atoms with E-state index in [2.05, 4.69) is 15.4 Å². The van der Waals surface area contributed by atoms with Gasteiger partial charge in [-0.05, 0) is 13.8 Å². The lowest BCUT2D eigenvalue weighted by atomic mass is 10.3. The highest BCUT2D eigenvalue weighted by molar-refractivity contribution is 5.92. The van der Waals surface area contributed by atoms with Gasteiger partial charge in [0.2, 0.25) is 11.8 Å². The van der Waals surface area contributed by atoms with Gasteiger partial charge in [-0.1, -0.05) is 0 Å². The van der Waals surface area contributed by atoms with Gasteiger partial charge in [-0.3, -0.25) is 9.59 Å². The molecule has 0 atom stereocenters. The van der Waals surface area contributed by atoms with Crippen LogP contribution in [0.5, 0.6) is 0 Å². The van der Waals surface area contributed by atoms with Gasteiger partial charge in [-0.2, -0.15) is 5.10 Å². The monoisotopic (exact) mass is 237 g/mol. The maximum absolute atomic E-state index is 11.6. The van der Waals surface area contributed by atoms with Crippen molar-refractivity contribution in [1.82, 2.24) is 25.0 Å². The molecule has 1 fully saturated rings. The summed E-state index contributed by atoms with van der Waals surface area (Å²) in [5.41, 5.74) is 0. The molecule has 1 aliphatic heterocycles. The molecule has 0 unspecified atom stereocenters. The van der Waals surface area contributed by atoms with E-state index >= 15 is 0 Å². The van der Waals surface area contributed by atoms with Crippen LogP contribution in [0, 0.1) is 0 Å². The van der Waals surface area contributed by atoms with Crippen LogP contribution in [0.25, 0.3) is 0 Å². The van der Waals surface area contributed by atoms with Crippen molar-refractivity contribution in [3.63, 3.8) is 0 Å². The summed E-state index contributed by atoms with van der Waals surface area (Å²) in [5, 5.41) is 6.60. The van der Waals surface area contributed by atoms with Crippen molar-refractivity contribution in [2.24, 2.45) is 0 Å². The standard InChI is InChI=1S/C10H15N5O2/c1-7(2)15-8(12-6-13-15)4-14-5-9(16)11-3-10(14)17/h6-7H,3-5H2,1-2H3,(H,11,16). The Morgan fingerprint density at radius 3 is 2.94 bits per heavy atom. The first-order chi connectivity index (χ1) is 8.08. The molecule has 0 aliphatic carbocycles. The Morgan fingerprint density at radius 2 is 2.24 bits per heavy atom. The molecule has 2 rings (SSSR count). The number of rotatable bonds is 3. The lowest BCUT2D eigenvalue weighted by molar-refractivity contribution is -0.141. The Kier molecular flexibility index (Phi) is 3.08. The highest BCUT2D eigenvalue weighted by Crippen LogP contribution is 2.09. The second kappa shape index (κ2) is 4.52. The minimum Gasteiger partial charge on any atom is -0.345 e. The molecule has 7 nitrogen and oxygen atoms in total. The van der Waals surface area contributed by atoms with Crippen molar-refractivity contribution >= 4 is 11.8 Å². The fourth-order valence-corrected chi connectivity index (χ4v) is 1.74. The number of carbonyl (C=O) groups excluding carboxylic acids is 2. The van der Waals surface area contributed by atoms with Crippen LogP contribution in [-0.2, 0) is 16.1 Å². The summed E-state index contributed by atoms with van der Waals surface area (Å²) >= 11 is 0. The number of nitrogens with one attached hydrogen (secondary N) is 1. The molecule has 7 heteroatoms. The van der Waals surface area contributed by atoms with Crippen molar-refractivity contribution < 1.29 is 9.59 Å². The van der Waals surface area contributed by atoms with E-state index in [9.17, 15) is 9.59 Å². The summed E-state index contributed by atoms with van der Waals surface area (Å²) in [6, 6.07) is 0.182. The minimum absolute atomic E-state index is 0.0641. The summed E-state index contributed by atoms with van der Waals surface area (Å²) in [7, 11) is 0. The van der Waals surface area contributed by atoms with Crippen molar-refractivity contribution in [1.29, 1.82) is 0 Å². The maximum Gasteiger partial charge on any atom is 0.242 e.